The summed E-state index contributed by atoms with van der Waals surface area (Å²) in [7, 11) is 0.252. The summed E-state index contributed by atoms with van der Waals surface area (Å²) in [5, 5.41) is 8.00. The van der Waals surface area contributed by atoms with Crippen LogP contribution in [0.4, 0.5) is 11.5 Å². The molecule has 0 atom stereocenters. The minimum atomic E-state index is -4.00. The largest absolute Gasteiger partial charge is 0.481 e. The molecule has 4 rings (SSSR count). The normalized spacial score (nSPS) is 11.2. The number of carbonyl (C=O) groups excluding carboxylic acids is 1. The number of methoxy groups -OCH3 is 2. The molecule has 12 nitrogen and oxygen atoms in total. The van der Waals surface area contributed by atoms with E-state index in [9.17, 15) is 18.0 Å². The molecule has 2 aromatic heterocycles. The maximum Gasteiger partial charge on any atom is 0.321 e. The van der Waals surface area contributed by atoms with E-state index in [1.54, 1.807) is 24.3 Å². The fourth-order valence-electron chi connectivity index (χ4n) is 3.43. The zero-order chi connectivity index (χ0) is 25.9. The van der Waals surface area contributed by atoms with Crippen molar-refractivity contribution in [3.63, 3.8) is 0 Å². The Morgan fingerprint density at radius 3 is 2.36 bits per heavy atom. The van der Waals surface area contributed by atoms with Crippen molar-refractivity contribution >= 4 is 38.2 Å². The Hall–Kier alpha value is -4.52. The Bertz CT molecular complexity index is 1580. The molecule has 13 heteroatoms. The lowest BCUT2D eigenvalue weighted by Gasteiger charge is -2.11. The Morgan fingerprint density at radius 2 is 1.69 bits per heavy atom. The lowest BCUT2D eigenvalue weighted by Crippen LogP contribution is -2.24. The van der Waals surface area contributed by atoms with Crippen LogP contribution in [0.3, 0.4) is 0 Å². The molecular formula is C23H22N6O6S. The summed E-state index contributed by atoms with van der Waals surface area (Å²) in [6.45, 7) is 0. The smallest absolute Gasteiger partial charge is 0.321 e. The lowest BCUT2D eigenvalue weighted by atomic mass is 10.1. The van der Waals surface area contributed by atoms with E-state index in [0.29, 0.717) is 22.2 Å². The number of sulfonamides is 1. The molecule has 0 saturated carbocycles. The first kappa shape index (κ1) is 24.6. The van der Waals surface area contributed by atoms with Crippen molar-refractivity contribution in [3.05, 3.63) is 70.6 Å². The summed E-state index contributed by atoms with van der Waals surface area (Å²) in [5.41, 5.74) is 0.585. The second kappa shape index (κ2) is 10.00. The van der Waals surface area contributed by atoms with Crippen LogP contribution in [0, 0.1) is 0 Å². The molecule has 4 aromatic rings. The van der Waals surface area contributed by atoms with E-state index in [1.807, 2.05) is 0 Å². The predicted molar refractivity (Wildman–Crippen MR) is 132 cm³/mol. The standard InChI is InChI=1S/C23H22N6O6S/c1-29-22(31)17-7-5-4-6-16(17)18(27-29)12-20(30)24-14-8-10-15(11-9-14)36(32,33)28-19-13-21(34-2)26-23(25-19)35-3/h4-11,13H,12H2,1-3H3,(H,24,30)(H,25,26,28). The summed E-state index contributed by atoms with van der Waals surface area (Å²) in [6, 6.07) is 13.8. The number of anilines is 2. The average molecular weight is 511 g/mol. The number of ether oxygens (including phenoxy) is 2. The van der Waals surface area contributed by atoms with Gasteiger partial charge in [0, 0.05) is 24.2 Å². The number of benzene rings is 2. The summed E-state index contributed by atoms with van der Waals surface area (Å²) in [5.74, 6) is -0.286. The molecule has 2 heterocycles. The number of rotatable bonds is 8. The first-order valence-electron chi connectivity index (χ1n) is 10.5. The third-order valence-corrected chi connectivity index (χ3v) is 6.49. The molecule has 36 heavy (non-hydrogen) atoms. The highest BCUT2D eigenvalue weighted by atomic mass is 32.2. The SMILES string of the molecule is COc1cc(NS(=O)(=O)c2ccc(NC(=O)Cc3nn(C)c(=O)c4ccccc34)cc2)nc(OC)n1. The zero-order valence-corrected chi connectivity index (χ0v) is 20.4. The number of amides is 1. The van der Waals surface area contributed by atoms with E-state index in [0.717, 1.165) is 0 Å². The second-order valence-electron chi connectivity index (χ2n) is 7.56. The van der Waals surface area contributed by atoms with Crippen molar-refractivity contribution in [2.45, 2.75) is 11.3 Å². The molecular weight excluding hydrogens is 488 g/mol. The number of nitrogens with zero attached hydrogens (tertiary/aromatic N) is 4. The molecule has 0 bridgehead atoms. The Labute approximate surface area is 206 Å². The van der Waals surface area contributed by atoms with Crippen LogP contribution in [0.15, 0.2) is 64.3 Å². The molecule has 0 aliphatic carbocycles. The molecule has 1 amide bonds. The number of hydrogen-bond acceptors (Lipinski definition) is 9. The number of fused-ring (bicyclic) bond motifs is 1. The van der Waals surface area contributed by atoms with Gasteiger partial charge in [0.25, 0.3) is 15.6 Å². The highest BCUT2D eigenvalue weighted by molar-refractivity contribution is 7.92. The molecule has 0 unspecified atom stereocenters. The quantitative estimate of drug-likeness (QED) is 0.360. The van der Waals surface area contributed by atoms with Gasteiger partial charge in [-0.3, -0.25) is 14.3 Å². The molecule has 0 aliphatic heterocycles. The van der Waals surface area contributed by atoms with Crippen LogP contribution in [0.2, 0.25) is 0 Å². The number of aromatic nitrogens is 4. The summed E-state index contributed by atoms with van der Waals surface area (Å²) in [4.78, 5) is 32.8. The third-order valence-electron chi connectivity index (χ3n) is 5.12. The van der Waals surface area contributed by atoms with Crippen molar-refractivity contribution in [1.29, 1.82) is 0 Å². The van der Waals surface area contributed by atoms with Crippen LogP contribution in [-0.2, 0) is 28.3 Å². The van der Waals surface area contributed by atoms with Gasteiger partial charge >= 0.3 is 6.01 Å². The van der Waals surface area contributed by atoms with Gasteiger partial charge in [0.1, 0.15) is 0 Å². The monoisotopic (exact) mass is 510 g/mol. The number of hydrogen-bond donors (Lipinski definition) is 2. The third kappa shape index (κ3) is 5.25. The van der Waals surface area contributed by atoms with Gasteiger partial charge < -0.3 is 14.8 Å². The number of carbonyl (C=O) groups is 1. The molecule has 2 aromatic carbocycles. The van der Waals surface area contributed by atoms with Gasteiger partial charge in [0.15, 0.2) is 5.82 Å². The predicted octanol–water partition coefficient (Wildman–Crippen LogP) is 1.72. The minimum Gasteiger partial charge on any atom is -0.481 e. The summed E-state index contributed by atoms with van der Waals surface area (Å²) in [6.07, 6.45) is -0.0758. The maximum absolute atomic E-state index is 12.8. The first-order valence-corrected chi connectivity index (χ1v) is 12.0. The fourth-order valence-corrected chi connectivity index (χ4v) is 4.42. The fraction of sp³-hybridized carbons (Fsp3) is 0.174. The average Bonchev–Trinajstić information content (AvgIpc) is 2.87. The van der Waals surface area contributed by atoms with Crippen molar-refractivity contribution in [2.24, 2.45) is 7.05 Å². The van der Waals surface area contributed by atoms with Crippen LogP contribution in [0.5, 0.6) is 11.9 Å². The van der Waals surface area contributed by atoms with Gasteiger partial charge in [-0.05, 0) is 30.3 Å². The lowest BCUT2D eigenvalue weighted by molar-refractivity contribution is -0.115. The minimum absolute atomic E-state index is 0.0342. The molecule has 0 aliphatic rings. The zero-order valence-electron chi connectivity index (χ0n) is 19.5. The van der Waals surface area contributed by atoms with Crippen LogP contribution in [0.1, 0.15) is 5.69 Å². The maximum atomic E-state index is 12.8. The van der Waals surface area contributed by atoms with Crippen molar-refractivity contribution in [1.82, 2.24) is 19.7 Å². The van der Waals surface area contributed by atoms with Crippen LogP contribution in [-0.4, -0.2) is 48.3 Å². The summed E-state index contributed by atoms with van der Waals surface area (Å²) >= 11 is 0. The van der Waals surface area contributed by atoms with E-state index in [4.69, 9.17) is 9.47 Å². The summed E-state index contributed by atoms with van der Waals surface area (Å²) < 4.78 is 39.1. The van der Waals surface area contributed by atoms with Gasteiger partial charge in [-0.2, -0.15) is 15.1 Å². The van der Waals surface area contributed by atoms with E-state index < -0.39 is 10.0 Å². The molecule has 0 saturated heterocycles. The van der Waals surface area contributed by atoms with Gasteiger partial charge in [0.05, 0.1) is 36.6 Å². The second-order valence-corrected chi connectivity index (χ2v) is 9.24. The van der Waals surface area contributed by atoms with E-state index in [1.165, 1.54) is 56.3 Å². The number of aryl methyl sites for hydroxylation is 1. The Kier molecular flexibility index (Phi) is 6.83. The van der Waals surface area contributed by atoms with Crippen molar-refractivity contribution in [3.8, 4) is 11.9 Å². The highest BCUT2D eigenvalue weighted by Gasteiger charge is 2.18. The van der Waals surface area contributed by atoms with Gasteiger partial charge in [-0.1, -0.05) is 18.2 Å². The van der Waals surface area contributed by atoms with Crippen molar-refractivity contribution < 1.29 is 22.7 Å². The Morgan fingerprint density at radius 1 is 1.00 bits per heavy atom. The highest BCUT2D eigenvalue weighted by Crippen LogP contribution is 2.22. The van der Waals surface area contributed by atoms with E-state index in [-0.39, 0.29) is 40.5 Å². The van der Waals surface area contributed by atoms with Gasteiger partial charge in [0.2, 0.25) is 11.8 Å². The van der Waals surface area contributed by atoms with Crippen LogP contribution >= 0.6 is 0 Å². The van der Waals surface area contributed by atoms with Crippen molar-refractivity contribution in [2.75, 3.05) is 24.3 Å². The van der Waals surface area contributed by atoms with E-state index in [2.05, 4.69) is 25.1 Å². The Balaban J connectivity index is 1.48. The molecule has 0 fully saturated rings. The van der Waals surface area contributed by atoms with Gasteiger partial charge in [-0.25, -0.2) is 13.1 Å². The topological polar surface area (TPSA) is 154 Å². The first-order chi connectivity index (χ1) is 17.2. The molecule has 186 valence electrons. The van der Waals surface area contributed by atoms with E-state index >= 15 is 0 Å². The molecule has 0 radical (unpaired) electrons. The van der Waals surface area contributed by atoms with Crippen LogP contribution in [0.25, 0.3) is 10.8 Å². The van der Waals surface area contributed by atoms with Gasteiger partial charge in [-0.15, -0.1) is 0 Å². The molecule has 0 spiro atoms. The molecule has 2 N–H and O–H groups in total. The number of nitrogens with one attached hydrogen (secondary N) is 2. The van der Waals surface area contributed by atoms with Crippen LogP contribution < -0.4 is 25.1 Å².